The molecule has 1 aromatic heterocycles. The number of aryl methyl sites for hydroxylation is 1. The second-order valence-corrected chi connectivity index (χ2v) is 6.19. The summed E-state index contributed by atoms with van der Waals surface area (Å²) in [5, 5.41) is 2.12. The van der Waals surface area contributed by atoms with Crippen LogP contribution in [-0.2, 0) is 6.42 Å². The van der Waals surface area contributed by atoms with Crippen LogP contribution in [0.1, 0.15) is 21.9 Å². The number of hydrogen-bond donors (Lipinski definition) is 1. The molecule has 0 fully saturated rings. The van der Waals surface area contributed by atoms with Crippen molar-refractivity contribution in [2.24, 2.45) is 5.73 Å². The molecule has 0 amide bonds. The number of rotatable bonds is 4. The van der Waals surface area contributed by atoms with E-state index in [1.807, 2.05) is 0 Å². The normalized spacial score (nSPS) is 12.6. The second-order valence-electron chi connectivity index (χ2n) is 4.28. The standard InChI is InChI=1S/C14H16BrNS/c1-10-2-4-11(5-3-10)12(8-16)6-14-7-13(15)9-17-14/h2-5,7,9,12H,6,8,16H2,1H3. The lowest BCUT2D eigenvalue weighted by Crippen LogP contribution is -2.14. The van der Waals surface area contributed by atoms with Gasteiger partial charge in [0.25, 0.3) is 0 Å². The maximum atomic E-state index is 5.89. The molecule has 17 heavy (non-hydrogen) atoms. The minimum atomic E-state index is 0.418. The van der Waals surface area contributed by atoms with Crippen LogP contribution in [0, 0.1) is 6.92 Å². The van der Waals surface area contributed by atoms with Gasteiger partial charge in [-0.2, -0.15) is 0 Å². The van der Waals surface area contributed by atoms with E-state index in [1.165, 1.54) is 16.0 Å². The molecule has 2 aromatic rings. The highest BCUT2D eigenvalue weighted by molar-refractivity contribution is 9.10. The van der Waals surface area contributed by atoms with Crippen molar-refractivity contribution in [3.63, 3.8) is 0 Å². The van der Waals surface area contributed by atoms with Crippen molar-refractivity contribution in [3.8, 4) is 0 Å². The van der Waals surface area contributed by atoms with E-state index in [9.17, 15) is 0 Å². The third-order valence-electron chi connectivity index (χ3n) is 2.90. The zero-order valence-corrected chi connectivity index (χ0v) is 12.2. The first-order chi connectivity index (χ1) is 8.19. The molecule has 1 nitrogen and oxygen atoms in total. The SMILES string of the molecule is Cc1ccc(C(CN)Cc2cc(Br)cs2)cc1. The summed E-state index contributed by atoms with van der Waals surface area (Å²) in [7, 11) is 0. The molecule has 0 aliphatic carbocycles. The van der Waals surface area contributed by atoms with E-state index in [2.05, 4.69) is 58.6 Å². The predicted octanol–water partition coefficient (Wildman–Crippen LogP) is 4.10. The van der Waals surface area contributed by atoms with Crippen LogP contribution in [0.15, 0.2) is 40.2 Å². The molecule has 1 heterocycles. The maximum Gasteiger partial charge on any atom is 0.0285 e. The van der Waals surface area contributed by atoms with Crippen molar-refractivity contribution in [1.29, 1.82) is 0 Å². The fourth-order valence-corrected chi connectivity index (χ4v) is 3.41. The number of halogens is 1. The molecule has 0 spiro atoms. The summed E-state index contributed by atoms with van der Waals surface area (Å²) in [6.45, 7) is 2.80. The van der Waals surface area contributed by atoms with Crippen LogP contribution in [0.3, 0.4) is 0 Å². The molecule has 1 atom stereocenters. The van der Waals surface area contributed by atoms with E-state index >= 15 is 0 Å². The lowest BCUT2D eigenvalue weighted by atomic mass is 9.94. The summed E-state index contributed by atoms with van der Waals surface area (Å²) in [5.41, 5.74) is 8.52. The molecule has 3 heteroatoms. The van der Waals surface area contributed by atoms with Crippen LogP contribution in [0.5, 0.6) is 0 Å². The highest BCUT2D eigenvalue weighted by Gasteiger charge is 2.11. The Labute approximate surface area is 115 Å². The highest BCUT2D eigenvalue weighted by Crippen LogP contribution is 2.26. The van der Waals surface area contributed by atoms with Crippen LogP contribution >= 0.6 is 27.3 Å². The van der Waals surface area contributed by atoms with E-state index < -0.39 is 0 Å². The van der Waals surface area contributed by atoms with Gasteiger partial charge in [-0.15, -0.1) is 11.3 Å². The number of benzene rings is 1. The summed E-state index contributed by atoms with van der Waals surface area (Å²) >= 11 is 5.28. The van der Waals surface area contributed by atoms with Gasteiger partial charge in [-0.25, -0.2) is 0 Å². The summed E-state index contributed by atoms with van der Waals surface area (Å²) in [5.74, 6) is 0.418. The molecule has 0 aliphatic rings. The Morgan fingerprint density at radius 1 is 1.29 bits per heavy atom. The Morgan fingerprint density at radius 3 is 2.53 bits per heavy atom. The molecule has 0 saturated heterocycles. The third kappa shape index (κ3) is 3.41. The Morgan fingerprint density at radius 2 is 2.00 bits per heavy atom. The van der Waals surface area contributed by atoms with Gasteiger partial charge in [0.1, 0.15) is 0 Å². The minimum absolute atomic E-state index is 0.418. The van der Waals surface area contributed by atoms with Gasteiger partial charge >= 0.3 is 0 Å². The zero-order valence-electron chi connectivity index (χ0n) is 9.82. The number of nitrogens with two attached hydrogens (primary N) is 1. The van der Waals surface area contributed by atoms with Crippen LogP contribution in [0.25, 0.3) is 0 Å². The lowest BCUT2D eigenvalue weighted by molar-refractivity contribution is 0.701. The Hall–Kier alpha value is -0.640. The van der Waals surface area contributed by atoms with Gasteiger partial charge in [0.2, 0.25) is 0 Å². The maximum absolute atomic E-state index is 5.89. The first kappa shape index (κ1) is 12.8. The van der Waals surface area contributed by atoms with Gasteiger partial charge in [-0.1, -0.05) is 29.8 Å². The lowest BCUT2D eigenvalue weighted by Gasteiger charge is -2.14. The van der Waals surface area contributed by atoms with Crippen LogP contribution < -0.4 is 5.73 Å². The Balaban J connectivity index is 2.13. The topological polar surface area (TPSA) is 26.0 Å². The average Bonchev–Trinajstić information content (AvgIpc) is 2.73. The summed E-state index contributed by atoms with van der Waals surface area (Å²) in [6.07, 6.45) is 1.02. The molecule has 2 rings (SSSR count). The monoisotopic (exact) mass is 309 g/mol. The van der Waals surface area contributed by atoms with Crippen molar-refractivity contribution in [2.45, 2.75) is 19.3 Å². The van der Waals surface area contributed by atoms with Crippen molar-refractivity contribution >= 4 is 27.3 Å². The summed E-state index contributed by atoms with van der Waals surface area (Å²) < 4.78 is 1.16. The second kappa shape index (κ2) is 5.80. The zero-order chi connectivity index (χ0) is 12.3. The molecule has 0 bridgehead atoms. The van der Waals surface area contributed by atoms with Crippen molar-refractivity contribution in [2.75, 3.05) is 6.54 Å². The molecule has 0 radical (unpaired) electrons. The van der Waals surface area contributed by atoms with Crippen LogP contribution in [-0.4, -0.2) is 6.54 Å². The highest BCUT2D eigenvalue weighted by atomic mass is 79.9. The number of hydrogen-bond acceptors (Lipinski definition) is 2. The molecule has 1 unspecified atom stereocenters. The molecular weight excluding hydrogens is 294 g/mol. The summed E-state index contributed by atoms with van der Waals surface area (Å²) in [4.78, 5) is 1.38. The van der Waals surface area contributed by atoms with E-state index in [0.717, 1.165) is 10.9 Å². The van der Waals surface area contributed by atoms with Gasteiger partial charge in [0.15, 0.2) is 0 Å². The van der Waals surface area contributed by atoms with Gasteiger partial charge < -0.3 is 5.73 Å². The van der Waals surface area contributed by atoms with Crippen LogP contribution in [0.4, 0.5) is 0 Å². The van der Waals surface area contributed by atoms with E-state index in [0.29, 0.717) is 12.5 Å². The minimum Gasteiger partial charge on any atom is -0.330 e. The molecule has 0 saturated carbocycles. The number of thiophene rings is 1. The fourth-order valence-electron chi connectivity index (χ4n) is 1.88. The molecule has 2 N–H and O–H groups in total. The van der Waals surface area contributed by atoms with Crippen LogP contribution in [0.2, 0.25) is 0 Å². The van der Waals surface area contributed by atoms with Gasteiger partial charge in [-0.3, -0.25) is 0 Å². The fraction of sp³-hybridized carbons (Fsp3) is 0.286. The predicted molar refractivity (Wildman–Crippen MR) is 78.7 cm³/mol. The largest absolute Gasteiger partial charge is 0.330 e. The molecule has 90 valence electrons. The van der Waals surface area contributed by atoms with E-state index in [-0.39, 0.29) is 0 Å². The van der Waals surface area contributed by atoms with Gasteiger partial charge in [-0.05, 0) is 47.4 Å². The molecule has 0 aliphatic heterocycles. The first-order valence-electron chi connectivity index (χ1n) is 5.68. The quantitative estimate of drug-likeness (QED) is 0.904. The van der Waals surface area contributed by atoms with Crippen molar-refractivity contribution in [1.82, 2.24) is 0 Å². The molecular formula is C14H16BrNS. The Kier molecular flexibility index (Phi) is 4.37. The van der Waals surface area contributed by atoms with E-state index in [1.54, 1.807) is 11.3 Å². The third-order valence-corrected chi connectivity index (χ3v) is 4.62. The van der Waals surface area contributed by atoms with Gasteiger partial charge in [0.05, 0.1) is 0 Å². The van der Waals surface area contributed by atoms with E-state index in [4.69, 9.17) is 5.73 Å². The van der Waals surface area contributed by atoms with Crippen molar-refractivity contribution in [3.05, 3.63) is 56.2 Å². The molecule has 1 aromatic carbocycles. The summed E-state index contributed by atoms with van der Waals surface area (Å²) in [6, 6.07) is 10.9. The van der Waals surface area contributed by atoms with Gasteiger partial charge in [0, 0.05) is 20.6 Å². The van der Waals surface area contributed by atoms with Crippen molar-refractivity contribution < 1.29 is 0 Å². The Bertz CT molecular complexity index is 475. The first-order valence-corrected chi connectivity index (χ1v) is 7.36. The average molecular weight is 310 g/mol. The smallest absolute Gasteiger partial charge is 0.0285 e.